The summed E-state index contributed by atoms with van der Waals surface area (Å²) in [6.07, 6.45) is 1.25. The highest BCUT2D eigenvalue weighted by Crippen LogP contribution is 2.26. The maximum absolute atomic E-state index is 11.5. The van der Waals surface area contributed by atoms with Gasteiger partial charge in [0.1, 0.15) is 11.5 Å². The third-order valence-electron chi connectivity index (χ3n) is 3.69. The summed E-state index contributed by atoms with van der Waals surface area (Å²) in [7, 11) is -3.10. The fourth-order valence-corrected chi connectivity index (χ4v) is 3.52. The van der Waals surface area contributed by atoms with Crippen LogP contribution in [0.1, 0.15) is 24.5 Å². The number of hydrogen-bond donors (Lipinski definition) is 1. The zero-order valence-corrected chi connectivity index (χ0v) is 13.1. The topological polar surface area (TPSA) is 79.8 Å². The van der Waals surface area contributed by atoms with Crippen LogP contribution >= 0.6 is 0 Å². The Kier molecular flexibility index (Phi) is 4.53. The molecule has 2 atom stereocenters. The smallest absolute Gasteiger partial charge is 0.211 e. The van der Waals surface area contributed by atoms with Gasteiger partial charge in [-0.1, -0.05) is 0 Å². The van der Waals surface area contributed by atoms with Gasteiger partial charge < -0.3 is 10.2 Å². The number of sulfonamides is 1. The first-order chi connectivity index (χ1) is 9.29. The lowest BCUT2D eigenvalue weighted by atomic mass is 10.1. The van der Waals surface area contributed by atoms with Crippen molar-refractivity contribution in [2.24, 2.45) is 5.73 Å². The molecule has 7 heteroatoms. The van der Waals surface area contributed by atoms with Gasteiger partial charge in [-0.25, -0.2) is 8.42 Å². The summed E-state index contributed by atoms with van der Waals surface area (Å²) in [6.45, 7) is 6.19. The van der Waals surface area contributed by atoms with E-state index < -0.39 is 10.0 Å². The van der Waals surface area contributed by atoms with E-state index in [0.717, 1.165) is 11.5 Å². The number of rotatable bonds is 4. The summed E-state index contributed by atoms with van der Waals surface area (Å²) in [4.78, 5) is 2.20. The molecule has 1 aliphatic rings. The SMILES string of the molecule is Cc1ccc(C(C(C)N)N2CCN(S(C)(=O)=O)CC2)o1. The van der Waals surface area contributed by atoms with E-state index in [4.69, 9.17) is 10.2 Å². The number of nitrogens with zero attached hydrogens (tertiary/aromatic N) is 2. The van der Waals surface area contributed by atoms with Gasteiger partial charge in [0.25, 0.3) is 0 Å². The highest BCUT2D eigenvalue weighted by Gasteiger charge is 2.31. The second-order valence-corrected chi connectivity index (χ2v) is 7.43. The largest absolute Gasteiger partial charge is 0.465 e. The summed E-state index contributed by atoms with van der Waals surface area (Å²) in [5.41, 5.74) is 6.10. The van der Waals surface area contributed by atoms with E-state index in [9.17, 15) is 8.42 Å². The van der Waals surface area contributed by atoms with Crippen molar-refractivity contribution in [1.82, 2.24) is 9.21 Å². The lowest BCUT2D eigenvalue weighted by molar-refractivity contribution is 0.109. The van der Waals surface area contributed by atoms with Crippen LogP contribution in [0.5, 0.6) is 0 Å². The van der Waals surface area contributed by atoms with Crippen molar-refractivity contribution in [3.8, 4) is 0 Å². The molecule has 0 saturated carbocycles. The molecule has 1 aromatic heterocycles. The molecule has 20 heavy (non-hydrogen) atoms. The molecule has 2 rings (SSSR count). The number of hydrogen-bond acceptors (Lipinski definition) is 5. The van der Waals surface area contributed by atoms with Gasteiger partial charge in [0.2, 0.25) is 10.0 Å². The van der Waals surface area contributed by atoms with Crippen molar-refractivity contribution < 1.29 is 12.8 Å². The number of furan rings is 1. The van der Waals surface area contributed by atoms with Gasteiger partial charge in [0.15, 0.2) is 0 Å². The summed E-state index contributed by atoms with van der Waals surface area (Å²) in [6, 6.07) is 3.79. The Morgan fingerprint density at radius 2 is 1.85 bits per heavy atom. The minimum atomic E-state index is -3.10. The first-order valence-corrected chi connectivity index (χ1v) is 8.65. The second-order valence-electron chi connectivity index (χ2n) is 5.45. The Hall–Kier alpha value is -0.890. The first kappa shape index (κ1) is 15.5. The van der Waals surface area contributed by atoms with Crippen LogP contribution in [0.25, 0.3) is 0 Å². The average molecular weight is 301 g/mol. The fourth-order valence-electron chi connectivity index (χ4n) is 2.70. The standard InChI is InChI=1S/C13H23N3O3S/c1-10-4-5-12(19-10)13(11(2)14)15-6-8-16(9-7-15)20(3,17)18/h4-5,11,13H,6-9,14H2,1-3H3. The van der Waals surface area contributed by atoms with E-state index in [0.29, 0.717) is 26.2 Å². The maximum Gasteiger partial charge on any atom is 0.211 e. The Morgan fingerprint density at radius 3 is 2.25 bits per heavy atom. The molecule has 114 valence electrons. The summed E-state index contributed by atoms with van der Waals surface area (Å²) in [5.74, 6) is 1.71. The molecule has 1 fully saturated rings. The van der Waals surface area contributed by atoms with Crippen molar-refractivity contribution in [3.05, 3.63) is 23.7 Å². The van der Waals surface area contributed by atoms with Gasteiger partial charge in [0.05, 0.1) is 12.3 Å². The normalized spacial score (nSPS) is 21.8. The summed E-state index contributed by atoms with van der Waals surface area (Å²) in [5, 5.41) is 0. The van der Waals surface area contributed by atoms with Gasteiger partial charge >= 0.3 is 0 Å². The van der Waals surface area contributed by atoms with E-state index in [1.807, 2.05) is 26.0 Å². The molecular weight excluding hydrogens is 278 g/mol. The van der Waals surface area contributed by atoms with Crippen molar-refractivity contribution in [1.29, 1.82) is 0 Å². The van der Waals surface area contributed by atoms with Gasteiger partial charge in [-0.05, 0) is 26.0 Å². The minimum absolute atomic E-state index is 0.00888. The zero-order valence-electron chi connectivity index (χ0n) is 12.2. The third kappa shape index (κ3) is 3.41. The number of nitrogens with two attached hydrogens (primary N) is 1. The molecule has 2 unspecified atom stereocenters. The molecule has 0 aliphatic carbocycles. The van der Waals surface area contributed by atoms with Crippen molar-refractivity contribution in [3.63, 3.8) is 0 Å². The first-order valence-electron chi connectivity index (χ1n) is 6.80. The van der Waals surface area contributed by atoms with Crippen LogP contribution < -0.4 is 5.73 Å². The molecule has 1 aromatic rings. The summed E-state index contributed by atoms with van der Waals surface area (Å²) >= 11 is 0. The van der Waals surface area contributed by atoms with Crippen LogP contribution in [0.3, 0.4) is 0 Å². The van der Waals surface area contributed by atoms with Crippen LogP contribution in [0.15, 0.2) is 16.5 Å². The van der Waals surface area contributed by atoms with Crippen LogP contribution in [0, 0.1) is 6.92 Å². The van der Waals surface area contributed by atoms with E-state index >= 15 is 0 Å². The minimum Gasteiger partial charge on any atom is -0.465 e. The fraction of sp³-hybridized carbons (Fsp3) is 0.692. The molecule has 1 saturated heterocycles. The maximum atomic E-state index is 11.5. The molecule has 2 heterocycles. The van der Waals surface area contributed by atoms with E-state index in [2.05, 4.69) is 4.90 Å². The van der Waals surface area contributed by atoms with Crippen LogP contribution in [-0.4, -0.2) is 56.1 Å². The van der Waals surface area contributed by atoms with Crippen LogP contribution in [0.4, 0.5) is 0 Å². The molecule has 0 amide bonds. The van der Waals surface area contributed by atoms with Gasteiger partial charge in [0, 0.05) is 32.2 Å². The Bertz CT molecular complexity index is 545. The molecule has 1 aliphatic heterocycles. The lowest BCUT2D eigenvalue weighted by Gasteiger charge is -2.39. The highest BCUT2D eigenvalue weighted by atomic mass is 32.2. The molecule has 0 spiro atoms. The lowest BCUT2D eigenvalue weighted by Crippen LogP contribution is -2.52. The Labute approximate surface area is 120 Å². The molecule has 0 bridgehead atoms. The van der Waals surface area contributed by atoms with E-state index in [-0.39, 0.29) is 12.1 Å². The molecule has 0 radical (unpaired) electrons. The number of piperazine rings is 1. The third-order valence-corrected chi connectivity index (χ3v) is 4.99. The predicted octanol–water partition coefficient (Wildman–Crippen LogP) is 0.554. The van der Waals surface area contributed by atoms with Crippen LogP contribution in [-0.2, 0) is 10.0 Å². The van der Waals surface area contributed by atoms with Crippen LogP contribution in [0.2, 0.25) is 0 Å². The molecule has 6 nitrogen and oxygen atoms in total. The van der Waals surface area contributed by atoms with E-state index in [1.165, 1.54) is 10.6 Å². The number of aryl methyl sites for hydroxylation is 1. The summed E-state index contributed by atoms with van der Waals surface area (Å²) < 4.78 is 30.3. The van der Waals surface area contributed by atoms with Gasteiger partial charge in [-0.15, -0.1) is 0 Å². The molecular formula is C13H23N3O3S. The predicted molar refractivity (Wildman–Crippen MR) is 77.8 cm³/mol. The molecule has 0 aromatic carbocycles. The van der Waals surface area contributed by atoms with Crippen molar-refractivity contribution in [2.45, 2.75) is 25.9 Å². The van der Waals surface area contributed by atoms with Gasteiger partial charge in [-0.2, -0.15) is 4.31 Å². The van der Waals surface area contributed by atoms with Gasteiger partial charge in [-0.3, -0.25) is 4.90 Å². The van der Waals surface area contributed by atoms with Crippen molar-refractivity contribution in [2.75, 3.05) is 32.4 Å². The quantitative estimate of drug-likeness (QED) is 0.878. The average Bonchev–Trinajstić information content (AvgIpc) is 2.75. The second kappa shape index (κ2) is 5.85. The monoisotopic (exact) mass is 301 g/mol. The molecule has 2 N–H and O–H groups in total. The Balaban J connectivity index is 2.10. The highest BCUT2D eigenvalue weighted by molar-refractivity contribution is 7.88. The van der Waals surface area contributed by atoms with E-state index in [1.54, 1.807) is 0 Å². The Morgan fingerprint density at radius 1 is 1.25 bits per heavy atom. The zero-order chi connectivity index (χ0) is 14.9. The van der Waals surface area contributed by atoms with Crippen molar-refractivity contribution >= 4 is 10.0 Å².